The van der Waals surface area contributed by atoms with Crippen molar-refractivity contribution in [2.24, 2.45) is 5.92 Å². The Kier molecular flexibility index (Phi) is 11.6. The van der Waals surface area contributed by atoms with Crippen molar-refractivity contribution in [1.82, 2.24) is 0 Å². The monoisotopic (exact) mass is 372 g/mol. The second-order valence-corrected chi connectivity index (χ2v) is 7.39. The first-order valence-corrected chi connectivity index (χ1v) is 9.18. The first-order valence-electron chi connectivity index (χ1n) is 7.72. The van der Waals surface area contributed by atoms with Crippen LogP contribution in [0.15, 0.2) is 18.2 Å². The Morgan fingerprint density at radius 3 is 2.21 bits per heavy atom. The van der Waals surface area contributed by atoms with Crippen molar-refractivity contribution in [2.75, 3.05) is 6.79 Å². The fourth-order valence-electron chi connectivity index (χ4n) is 2.90. The summed E-state index contributed by atoms with van der Waals surface area (Å²) in [5, 5.41) is 0. The third kappa shape index (κ3) is 7.03. The maximum absolute atomic E-state index is 10.6. The Morgan fingerprint density at radius 2 is 1.75 bits per heavy atom. The molecule has 1 saturated carbocycles. The van der Waals surface area contributed by atoms with Crippen LogP contribution >= 0.6 is 7.82 Å². The summed E-state index contributed by atoms with van der Waals surface area (Å²) in [5.41, 5.74) is 2.06. The third-order valence-corrected chi connectivity index (χ3v) is 4.88. The van der Waals surface area contributed by atoms with Crippen LogP contribution < -0.4 is 73.6 Å². The fourth-order valence-corrected chi connectivity index (χ4v) is 3.08. The van der Waals surface area contributed by atoms with Gasteiger partial charge in [0.25, 0.3) is 0 Å². The Morgan fingerprint density at radius 1 is 1.17 bits per heavy atom. The van der Waals surface area contributed by atoms with Crippen LogP contribution in [0.1, 0.15) is 63.0 Å². The van der Waals surface area contributed by atoms with E-state index in [0.717, 1.165) is 11.1 Å². The van der Waals surface area contributed by atoms with Crippen molar-refractivity contribution in [1.29, 1.82) is 0 Å². The normalized spacial score (nSPS) is 15.9. The molecule has 0 N–H and O–H groups in total. The standard InChI is InChI=1S/C16H25O5P.2Na/c1-11(2)14-8-5-9-15(12(3)13-6-4-7-13)16(14)20-10-21-22(17,18)19;;/h5,8-9,11-13H,4,6-7,10H2,1-3H3,(H2,17,18,19);;/q;2*+1/p-2. The van der Waals surface area contributed by atoms with Crippen LogP contribution in [-0.2, 0) is 9.09 Å². The van der Waals surface area contributed by atoms with Crippen LogP contribution in [-0.4, -0.2) is 6.79 Å². The molecule has 5 nitrogen and oxygen atoms in total. The molecule has 124 valence electrons. The smallest absolute Gasteiger partial charge is 0.790 e. The number of phosphoric acid groups is 1. The molecule has 1 aliphatic rings. The van der Waals surface area contributed by atoms with E-state index in [9.17, 15) is 14.4 Å². The average molecular weight is 372 g/mol. The van der Waals surface area contributed by atoms with Gasteiger partial charge in [-0.2, -0.15) is 0 Å². The molecule has 2 rings (SSSR count). The largest absolute Gasteiger partial charge is 1.00 e. The molecule has 0 aliphatic heterocycles. The van der Waals surface area contributed by atoms with Gasteiger partial charge in [-0.05, 0) is 41.7 Å². The summed E-state index contributed by atoms with van der Waals surface area (Å²) < 4.78 is 20.4. The molecule has 8 heteroatoms. The Bertz CT molecular complexity index is 557. The molecule has 1 aromatic rings. The summed E-state index contributed by atoms with van der Waals surface area (Å²) in [7, 11) is -5.02. The van der Waals surface area contributed by atoms with E-state index in [0.29, 0.717) is 17.6 Å². The number of ether oxygens (including phenoxy) is 1. The van der Waals surface area contributed by atoms with E-state index in [1.807, 2.05) is 32.0 Å². The van der Waals surface area contributed by atoms with Gasteiger partial charge in [0.1, 0.15) is 5.75 Å². The molecular formula is C16H23Na2O5P. The van der Waals surface area contributed by atoms with Crippen LogP contribution in [0, 0.1) is 5.92 Å². The second kappa shape index (κ2) is 11.1. The summed E-state index contributed by atoms with van der Waals surface area (Å²) >= 11 is 0. The summed E-state index contributed by atoms with van der Waals surface area (Å²) in [6.45, 7) is 5.70. The van der Waals surface area contributed by atoms with E-state index in [2.05, 4.69) is 11.4 Å². The predicted octanol–water partition coefficient (Wildman–Crippen LogP) is -3.10. The number of hydrogen-bond acceptors (Lipinski definition) is 5. The van der Waals surface area contributed by atoms with Gasteiger partial charge in [-0.15, -0.1) is 0 Å². The SMILES string of the molecule is CC(C)c1cccc(C(C)C2CCC2)c1OCOP(=O)([O-])[O-].[Na+].[Na+]. The summed E-state index contributed by atoms with van der Waals surface area (Å²) in [6, 6.07) is 5.97. The van der Waals surface area contributed by atoms with Gasteiger partial charge in [0.05, 0.1) is 7.82 Å². The van der Waals surface area contributed by atoms with Crippen LogP contribution in [0.5, 0.6) is 5.75 Å². The van der Waals surface area contributed by atoms with Gasteiger partial charge >= 0.3 is 59.1 Å². The molecule has 0 aromatic heterocycles. The van der Waals surface area contributed by atoms with Crippen molar-refractivity contribution in [3.63, 3.8) is 0 Å². The van der Waals surface area contributed by atoms with Crippen molar-refractivity contribution in [3.8, 4) is 5.75 Å². The first-order chi connectivity index (χ1) is 10.3. The van der Waals surface area contributed by atoms with Crippen LogP contribution in [0.4, 0.5) is 0 Å². The zero-order valence-electron chi connectivity index (χ0n) is 15.3. The molecule has 0 amide bonds. The average Bonchev–Trinajstić information content (AvgIpc) is 2.34. The van der Waals surface area contributed by atoms with Gasteiger partial charge in [0, 0.05) is 0 Å². The Hall–Kier alpha value is 1.13. The Labute approximate surface area is 188 Å². The molecule has 1 aliphatic carbocycles. The second-order valence-electron chi connectivity index (χ2n) is 6.24. The van der Waals surface area contributed by atoms with Crippen LogP contribution in [0.25, 0.3) is 0 Å². The molecule has 0 radical (unpaired) electrons. The summed E-state index contributed by atoms with van der Waals surface area (Å²) in [6.07, 6.45) is 3.67. The Balaban J connectivity index is 0.00000264. The number of rotatable bonds is 7. The molecule has 0 saturated heterocycles. The fraction of sp³-hybridized carbons (Fsp3) is 0.625. The van der Waals surface area contributed by atoms with Crippen molar-refractivity contribution in [2.45, 2.75) is 51.9 Å². The zero-order chi connectivity index (χ0) is 16.3. The van der Waals surface area contributed by atoms with Gasteiger partial charge in [-0.25, -0.2) is 0 Å². The van der Waals surface area contributed by atoms with E-state index in [-0.39, 0.29) is 65.0 Å². The molecule has 1 fully saturated rings. The molecule has 1 aromatic carbocycles. The topological polar surface area (TPSA) is 81.7 Å². The summed E-state index contributed by atoms with van der Waals surface area (Å²) in [4.78, 5) is 21.2. The van der Waals surface area contributed by atoms with E-state index >= 15 is 0 Å². The molecule has 1 unspecified atom stereocenters. The molecule has 0 spiro atoms. The van der Waals surface area contributed by atoms with E-state index in [4.69, 9.17) is 4.74 Å². The minimum atomic E-state index is -5.02. The van der Waals surface area contributed by atoms with Gasteiger partial charge < -0.3 is 23.6 Å². The number of para-hydroxylation sites is 1. The maximum atomic E-state index is 10.6. The van der Waals surface area contributed by atoms with Crippen LogP contribution in [0.2, 0.25) is 0 Å². The number of benzene rings is 1. The molecular weight excluding hydrogens is 349 g/mol. The van der Waals surface area contributed by atoms with Crippen molar-refractivity contribution >= 4 is 7.82 Å². The minimum absolute atomic E-state index is 0. The summed E-state index contributed by atoms with van der Waals surface area (Å²) in [5.74, 6) is 1.87. The third-order valence-electron chi connectivity index (χ3n) is 4.46. The van der Waals surface area contributed by atoms with Gasteiger partial charge in [-0.1, -0.05) is 45.4 Å². The zero-order valence-corrected chi connectivity index (χ0v) is 20.2. The van der Waals surface area contributed by atoms with Crippen molar-refractivity contribution in [3.05, 3.63) is 29.3 Å². The van der Waals surface area contributed by atoms with E-state index in [1.165, 1.54) is 19.3 Å². The van der Waals surface area contributed by atoms with E-state index in [1.54, 1.807) is 0 Å². The number of phosphoric ester groups is 1. The first kappa shape index (κ1) is 25.1. The molecule has 24 heavy (non-hydrogen) atoms. The molecule has 0 heterocycles. The quantitative estimate of drug-likeness (QED) is 0.288. The van der Waals surface area contributed by atoms with Crippen molar-refractivity contribution < 1.29 is 82.7 Å². The van der Waals surface area contributed by atoms with Crippen LogP contribution in [0.3, 0.4) is 0 Å². The maximum Gasteiger partial charge on any atom is 1.00 e. The van der Waals surface area contributed by atoms with Gasteiger partial charge in [-0.3, -0.25) is 0 Å². The van der Waals surface area contributed by atoms with E-state index < -0.39 is 14.6 Å². The van der Waals surface area contributed by atoms with Gasteiger partial charge in [0.2, 0.25) is 0 Å². The van der Waals surface area contributed by atoms with Gasteiger partial charge in [0.15, 0.2) is 6.79 Å². The molecule has 1 atom stereocenters. The minimum Gasteiger partial charge on any atom is -0.790 e. The predicted molar refractivity (Wildman–Crippen MR) is 80.5 cm³/mol. The molecule has 0 bridgehead atoms. The number of hydrogen-bond donors (Lipinski definition) is 0.